The van der Waals surface area contributed by atoms with Gasteiger partial charge in [-0.2, -0.15) is 0 Å². The summed E-state index contributed by atoms with van der Waals surface area (Å²) in [5.74, 6) is 0.428. The van der Waals surface area contributed by atoms with E-state index in [1.165, 1.54) is 25.0 Å². The highest BCUT2D eigenvalue weighted by Crippen LogP contribution is 2.36. The summed E-state index contributed by atoms with van der Waals surface area (Å²) in [5, 5.41) is 10.2. The molecule has 1 unspecified atom stereocenters. The monoisotopic (exact) mass is 228 g/mol. The molecule has 3 heteroatoms. The Balaban J connectivity index is 1.99. The smallest absolute Gasteiger partial charge is 0.124 e. The number of aliphatic hydroxyl groups excluding tert-OH is 1. The van der Waals surface area contributed by atoms with Crippen molar-refractivity contribution in [3.63, 3.8) is 0 Å². The van der Waals surface area contributed by atoms with Crippen molar-refractivity contribution in [3.05, 3.63) is 34.6 Å². The first kappa shape index (κ1) is 10.9. The lowest BCUT2D eigenvalue weighted by atomic mass is 10.0. The maximum Gasteiger partial charge on any atom is 0.124 e. The summed E-state index contributed by atoms with van der Waals surface area (Å²) in [6, 6.07) is 4.15. The van der Waals surface area contributed by atoms with E-state index in [1.54, 1.807) is 6.07 Å². The second kappa shape index (κ2) is 4.50. The topological polar surface area (TPSA) is 20.2 Å². The third-order valence-corrected chi connectivity index (χ3v) is 3.19. The van der Waals surface area contributed by atoms with Gasteiger partial charge in [-0.15, -0.1) is 0 Å². The molecule has 1 atom stereocenters. The molecule has 1 fully saturated rings. The fraction of sp³-hybridized carbons (Fsp3) is 0.500. The van der Waals surface area contributed by atoms with Crippen LogP contribution in [0.1, 0.15) is 37.4 Å². The van der Waals surface area contributed by atoms with Crippen molar-refractivity contribution in [2.45, 2.75) is 31.8 Å². The number of benzene rings is 1. The zero-order valence-electron chi connectivity index (χ0n) is 8.42. The van der Waals surface area contributed by atoms with Gasteiger partial charge in [-0.05, 0) is 36.5 Å². The molecule has 1 aliphatic rings. The molecule has 82 valence electrons. The summed E-state index contributed by atoms with van der Waals surface area (Å²) < 4.78 is 12.8. The Morgan fingerprint density at radius 1 is 1.47 bits per heavy atom. The maximum atomic E-state index is 12.8. The molecule has 1 saturated carbocycles. The van der Waals surface area contributed by atoms with E-state index in [0.29, 0.717) is 10.6 Å². The van der Waals surface area contributed by atoms with Gasteiger partial charge in [-0.1, -0.05) is 30.5 Å². The molecule has 2 rings (SSSR count). The van der Waals surface area contributed by atoms with E-state index in [1.807, 2.05) is 0 Å². The fourth-order valence-electron chi connectivity index (χ4n) is 1.73. The van der Waals surface area contributed by atoms with E-state index in [9.17, 15) is 9.50 Å². The molecule has 1 aromatic rings. The Labute approximate surface area is 93.9 Å². The third kappa shape index (κ3) is 2.93. The molecule has 1 nitrogen and oxygen atoms in total. The Morgan fingerprint density at radius 3 is 2.80 bits per heavy atom. The van der Waals surface area contributed by atoms with Gasteiger partial charge in [0.1, 0.15) is 5.82 Å². The lowest BCUT2D eigenvalue weighted by Gasteiger charge is -2.12. The lowest BCUT2D eigenvalue weighted by Crippen LogP contribution is -1.99. The average Bonchev–Trinajstić information content (AvgIpc) is 2.97. The quantitative estimate of drug-likeness (QED) is 0.833. The van der Waals surface area contributed by atoms with Crippen LogP contribution in [0.5, 0.6) is 0 Å². The first-order valence-corrected chi connectivity index (χ1v) is 5.67. The lowest BCUT2D eigenvalue weighted by molar-refractivity contribution is 0.162. The molecule has 0 bridgehead atoms. The number of rotatable bonds is 4. The van der Waals surface area contributed by atoms with Crippen molar-refractivity contribution in [2.75, 3.05) is 0 Å². The van der Waals surface area contributed by atoms with Crippen LogP contribution in [0.25, 0.3) is 0 Å². The van der Waals surface area contributed by atoms with Crippen LogP contribution in [-0.4, -0.2) is 5.11 Å². The van der Waals surface area contributed by atoms with Gasteiger partial charge in [0.25, 0.3) is 0 Å². The Kier molecular flexibility index (Phi) is 3.27. The number of aliphatic hydroxyl groups is 1. The highest BCUT2D eigenvalue weighted by Gasteiger charge is 2.23. The maximum absolute atomic E-state index is 12.8. The Morgan fingerprint density at radius 2 is 2.20 bits per heavy atom. The van der Waals surface area contributed by atoms with Crippen LogP contribution in [0.4, 0.5) is 4.39 Å². The van der Waals surface area contributed by atoms with E-state index in [4.69, 9.17) is 11.6 Å². The average molecular weight is 229 g/mol. The zero-order valence-corrected chi connectivity index (χ0v) is 9.17. The van der Waals surface area contributed by atoms with Gasteiger partial charge < -0.3 is 5.11 Å². The molecule has 0 aliphatic heterocycles. The first-order chi connectivity index (χ1) is 7.16. The molecular formula is C12H14ClFO. The minimum Gasteiger partial charge on any atom is -0.388 e. The molecule has 1 aromatic carbocycles. The Hall–Kier alpha value is -0.600. The van der Waals surface area contributed by atoms with Gasteiger partial charge in [0, 0.05) is 5.02 Å². The van der Waals surface area contributed by atoms with E-state index in [2.05, 4.69) is 0 Å². The van der Waals surface area contributed by atoms with Crippen molar-refractivity contribution in [1.29, 1.82) is 0 Å². The van der Waals surface area contributed by atoms with Gasteiger partial charge in [-0.3, -0.25) is 0 Å². The molecule has 15 heavy (non-hydrogen) atoms. The molecule has 0 spiro atoms. The second-order valence-electron chi connectivity index (χ2n) is 4.20. The summed E-state index contributed by atoms with van der Waals surface area (Å²) >= 11 is 5.86. The highest BCUT2D eigenvalue weighted by atomic mass is 35.5. The second-order valence-corrected chi connectivity index (χ2v) is 4.61. The van der Waals surface area contributed by atoms with Gasteiger partial charge in [0.15, 0.2) is 0 Å². The van der Waals surface area contributed by atoms with Crippen molar-refractivity contribution < 1.29 is 9.50 Å². The van der Waals surface area contributed by atoms with Crippen LogP contribution in [0.2, 0.25) is 5.02 Å². The predicted octanol–water partition coefficient (Wildman–Crippen LogP) is 3.70. The summed E-state index contributed by atoms with van der Waals surface area (Å²) in [6.45, 7) is 0. The number of halogens is 2. The van der Waals surface area contributed by atoms with Crippen molar-refractivity contribution in [2.24, 2.45) is 5.92 Å². The van der Waals surface area contributed by atoms with E-state index in [0.717, 1.165) is 18.8 Å². The molecule has 0 heterocycles. The Bertz CT molecular complexity index is 349. The zero-order chi connectivity index (χ0) is 10.8. The summed E-state index contributed by atoms with van der Waals surface area (Å²) in [7, 11) is 0. The normalized spacial score (nSPS) is 17.8. The first-order valence-electron chi connectivity index (χ1n) is 5.30. The highest BCUT2D eigenvalue weighted by molar-refractivity contribution is 6.31. The third-order valence-electron chi connectivity index (χ3n) is 2.87. The van der Waals surface area contributed by atoms with Crippen molar-refractivity contribution in [3.8, 4) is 0 Å². The molecule has 0 aromatic heterocycles. The van der Waals surface area contributed by atoms with Crippen molar-refractivity contribution in [1.82, 2.24) is 0 Å². The van der Waals surface area contributed by atoms with E-state index in [-0.39, 0.29) is 5.82 Å². The molecular weight excluding hydrogens is 215 g/mol. The fourth-order valence-corrected chi connectivity index (χ4v) is 2.02. The summed E-state index contributed by atoms with van der Waals surface area (Å²) in [5.41, 5.74) is 0.638. The van der Waals surface area contributed by atoms with E-state index >= 15 is 0 Å². The SMILES string of the molecule is OC(CCC1CC1)c1ccc(F)cc1Cl. The predicted molar refractivity (Wildman–Crippen MR) is 58.3 cm³/mol. The van der Waals surface area contributed by atoms with Gasteiger partial charge >= 0.3 is 0 Å². The standard InChI is InChI=1S/C12H14ClFO/c13-11-7-9(14)4-5-10(11)12(15)6-3-8-1-2-8/h4-5,7-8,12,15H,1-3,6H2. The molecule has 0 radical (unpaired) electrons. The van der Waals surface area contributed by atoms with Gasteiger partial charge in [0.05, 0.1) is 6.10 Å². The van der Waals surface area contributed by atoms with Crippen LogP contribution in [0.15, 0.2) is 18.2 Å². The molecule has 0 amide bonds. The van der Waals surface area contributed by atoms with Gasteiger partial charge in [0.2, 0.25) is 0 Å². The summed E-state index contributed by atoms with van der Waals surface area (Å²) in [4.78, 5) is 0. The minimum atomic E-state index is -0.557. The molecule has 0 saturated heterocycles. The molecule has 1 N–H and O–H groups in total. The van der Waals surface area contributed by atoms with Crippen LogP contribution >= 0.6 is 11.6 Å². The molecule has 1 aliphatic carbocycles. The van der Waals surface area contributed by atoms with Crippen LogP contribution in [0, 0.1) is 11.7 Å². The van der Waals surface area contributed by atoms with Gasteiger partial charge in [-0.25, -0.2) is 4.39 Å². The number of hydrogen-bond acceptors (Lipinski definition) is 1. The van der Waals surface area contributed by atoms with Crippen LogP contribution in [0.3, 0.4) is 0 Å². The number of hydrogen-bond donors (Lipinski definition) is 1. The van der Waals surface area contributed by atoms with Crippen molar-refractivity contribution >= 4 is 11.6 Å². The van der Waals surface area contributed by atoms with Crippen LogP contribution < -0.4 is 0 Å². The summed E-state index contributed by atoms with van der Waals surface area (Å²) in [6.07, 6.45) is 3.76. The van der Waals surface area contributed by atoms with E-state index < -0.39 is 6.10 Å². The largest absolute Gasteiger partial charge is 0.388 e. The van der Waals surface area contributed by atoms with Crippen LogP contribution in [-0.2, 0) is 0 Å². The minimum absolute atomic E-state index is 0.318.